The summed E-state index contributed by atoms with van der Waals surface area (Å²) in [6, 6.07) is 4.55. The van der Waals surface area contributed by atoms with Crippen LogP contribution in [0, 0.1) is 10.5 Å². The molecule has 1 atom stereocenters. The number of halogens is 1. The van der Waals surface area contributed by atoms with Gasteiger partial charge >= 0.3 is 5.97 Å². The molecule has 102 valence electrons. The van der Waals surface area contributed by atoms with Gasteiger partial charge in [-0.1, -0.05) is 12.1 Å². The third-order valence-electron chi connectivity index (χ3n) is 3.10. The maximum absolute atomic E-state index is 12.5. The minimum Gasteiger partial charge on any atom is -0.480 e. The third kappa shape index (κ3) is 2.89. The lowest BCUT2D eigenvalue weighted by molar-refractivity contribution is -0.147. The van der Waals surface area contributed by atoms with E-state index >= 15 is 0 Å². The molecular formula is C13H14INO4. The fraction of sp³-hybridized carbons (Fsp3) is 0.385. The van der Waals surface area contributed by atoms with Crippen LogP contribution in [0.2, 0.25) is 0 Å². The highest BCUT2D eigenvalue weighted by molar-refractivity contribution is 14.1. The number of carbonyl (C=O) groups excluding carboxylic acids is 1. The lowest BCUT2D eigenvalue weighted by Crippen LogP contribution is -2.52. The zero-order valence-corrected chi connectivity index (χ0v) is 12.6. The molecule has 6 heteroatoms. The number of benzene rings is 1. The van der Waals surface area contributed by atoms with E-state index in [-0.39, 0.29) is 12.5 Å². The van der Waals surface area contributed by atoms with E-state index in [4.69, 9.17) is 9.84 Å². The molecule has 1 aliphatic rings. The van der Waals surface area contributed by atoms with E-state index < -0.39 is 12.0 Å². The van der Waals surface area contributed by atoms with Crippen LogP contribution >= 0.6 is 22.6 Å². The van der Waals surface area contributed by atoms with Crippen LogP contribution in [0.5, 0.6) is 0 Å². The molecule has 5 nitrogen and oxygen atoms in total. The second kappa shape index (κ2) is 5.87. The van der Waals surface area contributed by atoms with Crippen LogP contribution in [0.15, 0.2) is 18.2 Å². The zero-order chi connectivity index (χ0) is 14.0. The van der Waals surface area contributed by atoms with Gasteiger partial charge < -0.3 is 14.7 Å². The molecule has 0 saturated carbocycles. The van der Waals surface area contributed by atoms with Gasteiger partial charge in [0.05, 0.1) is 18.8 Å². The maximum atomic E-state index is 12.5. The summed E-state index contributed by atoms with van der Waals surface area (Å²) in [6.07, 6.45) is 0. The second-order valence-corrected chi connectivity index (χ2v) is 5.44. The van der Waals surface area contributed by atoms with Gasteiger partial charge in [-0.2, -0.15) is 0 Å². The minimum absolute atomic E-state index is 0.0451. The van der Waals surface area contributed by atoms with Crippen LogP contribution in [0.4, 0.5) is 0 Å². The fourth-order valence-electron chi connectivity index (χ4n) is 2.02. The maximum Gasteiger partial charge on any atom is 0.328 e. The summed E-state index contributed by atoms with van der Waals surface area (Å²) in [5.74, 6) is -1.28. The Morgan fingerprint density at radius 3 is 2.89 bits per heavy atom. The van der Waals surface area contributed by atoms with Crippen molar-refractivity contribution in [3.05, 3.63) is 32.9 Å². The topological polar surface area (TPSA) is 66.8 Å². The highest BCUT2D eigenvalue weighted by Gasteiger charge is 2.33. The van der Waals surface area contributed by atoms with Crippen molar-refractivity contribution in [1.29, 1.82) is 0 Å². The molecule has 0 spiro atoms. The van der Waals surface area contributed by atoms with Crippen molar-refractivity contribution in [3.8, 4) is 0 Å². The second-order valence-electron chi connectivity index (χ2n) is 4.36. The summed E-state index contributed by atoms with van der Waals surface area (Å²) in [5, 5.41) is 9.15. The highest BCUT2D eigenvalue weighted by atomic mass is 127. The van der Waals surface area contributed by atoms with E-state index in [1.807, 2.05) is 13.0 Å². The number of aliphatic carboxylic acids is 1. The number of hydrogen-bond acceptors (Lipinski definition) is 3. The van der Waals surface area contributed by atoms with Crippen LogP contribution < -0.4 is 0 Å². The van der Waals surface area contributed by atoms with Gasteiger partial charge in [0.15, 0.2) is 6.04 Å². The molecule has 19 heavy (non-hydrogen) atoms. The first kappa shape index (κ1) is 14.3. The smallest absolute Gasteiger partial charge is 0.328 e. The van der Waals surface area contributed by atoms with Crippen molar-refractivity contribution in [3.63, 3.8) is 0 Å². The summed E-state index contributed by atoms with van der Waals surface area (Å²) in [4.78, 5) is 25.0. The first-order chi connectivity index (χ1) is 9.02. The predicted molar refractivity (Wildman–Crippen MR) is 77.2 cm³/mol. The van der Waals surface area contributed by atoms with Gasteiger partial charge in [0.1, 0.15) is 0 Å². The SMILES string of the molecule is Cc1cccc(C(=O)N2CCOCC2C(=O)O)c1I. The zero-order valence-electron chi connectivity index (χ0n) is 10.4. The Hall–Kier alpha value is -1.15. The summed E-state index contributed by atoms with van der Waals surface area (Å²) in [5.41, 5.74) is 1.56. The summed E-state index contributed by atoms with van der Waals surface area (Å²) in [6.45, 7) is 2.65. The van der Waals surface area contributed by atoms with Crippen LogP contribution in [0.3, 0.4) is 0 Å². The number of nitrogens with zero attached hydrogens (tertiary/aromatic N) is 1. The number of aryl methyl sites for hydroxylation is 1. The molecule has 1 aromatic carbocycles. The van der Waals surface area contributed by atoms with Crippen molar-refractivity contribution in [2.75, 3.05) is 19.8 Å². The number of carboxylic acids is 1. The van der Waals surface area contributed by atoms with E-state index in [1.165, 1.54) is 4.90 Å². The lowest BCUT2D eigenvalue weighted by atomic mass is 10.1. The summed E-state index contributed by atoms with van der Waals surface area (Å²) in [7, 11) is 0. The van der Waals surface area contributed by atoms with Gasteiger partial charge in [0, 0.05) is 10.1 Å². The normalized spacial score (nSPS) is 19.3. The molecule has 1 N–H and O–H groups in total. The minimum atomic E-state index is -1.03. The van der Waals surface area contributed by atoms with Crippen molar-refractivity contribution in [2.24, 2.45) is 0 Å². The Bertz CT molecular complexity index is 517. The average molecular weight is 375 g/mol. The van der Waals surface area contributed by atoms with Crippen LogP contribution in [0.25, 0.3) is 0 Å². The standard InChI is InChI=1S/C13H14INO4/c1-8-3-2-4-9(11(8)14)12(16)15-5-6-19-7-10(15)13(17)18/h2-4,10H,5-7H2,1H3,(H,17,18). The molecule has 1 saturated heterocycles. The number of carbonyl (C=O) groups is 2. The molecule has 2 rings (SSSR count). The number of amides is 1. The summed E-state index contributed by atoms with van der Waals surface area (Å²) < 4.78 is 6.00. The van der Waals surface area contributed by atoms with E-state index in [9.17, 15) is 9.59 Å². The van der Waals surface area contributed by atoms with Crippen LogP contribution in [-0.2, 0) is 9.53 Å². The monoisotopic (exact) mass is 375 g/mol. The average Bonchev–Trinajstić information content (AvgIpc) is 2.41. The van der Waals surface area contributed by atoms with Crippen LogP contribution in [-0.4, -0.2) is 47.7 Å². The molecule has 1 fully saturated rings. The van der Waals surface area contributed by atoms with E-state index in [2.05, 4.69) is 22.6 Å². The molecule has 0 radical (unpaired) electrons. The number of rotatable bonds is 2. The van der Waals surface area contributed by atoms with Crippen molar-refractivity contribution < 1.29 is 19.4 Å². The van der Waals surface area contributed by atoms with Gasteiger partial charge in [-0.25, -0.2) is 4.79 Å². The molecule has 0 aromatic heterocycles. The molecule has 1 unspecified atom stereocenters. The number of hydrogen-bond donors (Lipinski definition) is 1. The Labute approximate surface area is 124 Å². The first-order valence-corrected chi connectivity index (χ1v) is 6.97. The number of carboxylic acid groups (broad SMARTS) is 1. The highest BCUT2D eigenvalue weighted by Crippen LogP contribution is 2.20. The molecule has 1 heterocycles. The van der Waals surface area contributed by atoms with Gasteiger partial charge in [-0.3, -0.25) is 4.79 Å². The fourth-order valence-corrected chi connectivity index (χ4v) is 2.61. The Kier molecular flexibility index (Phi) is 4.41. The van der Waals surface area contributed by atoms with Gasteiger partial charge in [0.2, 0.25) is 0 Å². The summed E-state index contributed by atoms with van der Waals surface area (Å²) >= 11 is 2.11. The predicted octanol–water partition coefficient (Wildman–Crippen LogP) is 1.53. The molecule has 1 aromatic rings. The van der Waals surface area contributed by atoms with Crippen molar-refractivity contribution in [1.82, 2.24) is 4.90 Å². The Morgan fingerprint density at radius 2 is 2.21 bits per heavy atom. The van der Waals surface area contributed by atoms with Gasteiger partial charge in [-0.15, -0.1) is 0 Å². The molecule has 1 aliphatic heterocycles. The van der Waals surface area contributed by atoms with Crippen molar-refractivity contribution in [2.45, 2.75) is 13.0 Å². The first-order valence-electron chi connectivity index (χ1n) is 5.89. The quantitative estimate of drug-likeness (QED) is 0.797. The van der Waals surface area contributed by atoms with Crippen LogP contribution in [0.1, 0.15) is 15.9 Å². The Balaban J connectivity index is 2.31. The van der Waals surface area contributed by atoms with E-state index in [0.29, 0.717) is 18.7 Å². The molecule has 1 amide bonds. The molecule has 0 aliphatic carbocycles. The Morgan fingerprint density at radius 1 is 1.47 bits per heavy atom. The van der Waals surface area contributed by atoms with E-state index in [0.717, 1.165) is 9.13 Å². The molecular weight excluding hydrogens is 361 g/mol. The third-order valence-corrected chi connectivity index (χ3v) is 4.53. The van der Waals surface area contributed by atoms with Gasteiger partial charge in [0.25, 0.3) is 5.91 Å². The van der Waals surface area contributed by atoms with Crippen molar-refractivity contribution >= 4 is 34.5 Å². The lowest BCUT2D eigenvalue weighted by Gasteiger charge is -2.33. The largest absolute Gasteiger partial charge is 0.480 e. The van der Waals surface area contributed by atoms with Gasteiger partial charge in [-0.05, 0) is 41.1 Å². The van der Waals surface area contributed by atoms with E-state index in [1.54, 1.807) is 12.1 Å². The number of morpholine rings is 1. The molecule has 0 bridgehead atoms. The number of ether oxygens (including phenoxy) is 1.